The number of hydrogen-bond donors (Lipinski definition) is 1. The summed E-state index contributed by atoms with van der Waals surface area (Å²) in [5, 5.41) is 2.21. The molecule has 0 radical (unpaired) electrons. The van der Waals surface area contributed by atoms with E-state index in [0.717, 1.165) is 85.5 Å². The SMILES string of the molecule is Cc1cc(Cc2ccc3nc(OC4CC(OC5CCN(CCCOc6ccc7c(c6)C(=O)N(C6CCC(=O)NC6=O)C7=O)CC5)C4)ccc3n2)ccn1. The summed E-state index contributed by atoms with van der Waals surface area (Å²) in [6.07, 6.45) is 7.83. The highest BCUT2D eigenvalue weighted by atomic mass is 16.5. The molecule has 3 aromatic heterocycles. The molecule has 1 aliphatic carbocycles. The molecule has 1 unspecified atom stereocenters. The number of ether oxygens (including phenoxy) is 3. The number of benzene rings is 1. The van der Waals surface area contributed by atoms with Crippen molar-refractivity contribution in [3.05, 3.63) is 88.9 Å². The summed E-state index contributed by atoms with van der Waals surface area (Å²) in [5.74, 6) is -0.972. The summed E-state index contributed by atoms with van der Waals surface area (Å²) >= 11 is 0. The lowest BCUT2D eigenvalue weighted by atomic mass is 9.91. The van der Waals surface area contributed by atoms with Gasteiger partial charge >= 0.3 is 0 Å². The molecule has 53 heavy (non-hydrogen) atoms. The van der Waals surface area contributed by atoms with Gasteiger partial charge in [0.15, 0.2) is 0 Å². The number of aryl methyl sites for hydroxylation is 1. The molecule has 4 aliphatic rings. The van der Waals surface area contributed by atoms with E-state index >= 15 is 0 Å². The lowest BCUT2D eigenvalue weighted by molar-refractivity contribution is -0.136. The van der Waals surface area contributed by atoms with Crippen molar-refractivity contribution >= 4 is 34.7 Å². The Morgan fingerprint density at radius 3 is 2.43 bits per heavy atom. The van der Waals surface area contributed by atoms with E-state index < -0.39 is 29.7 Å². The van der Waals surface area contributed by atoms with E-state index in [2.05, 4.69) is 21.3 Å². The normalized spacial score (nSPS) is 22.1. The summed E-state index contributed by atoms with van der Waals surface area (Å²) in [6.45, 7) is 5.26. The van der Waals surface area contributed by atoms with Crippen LogP contribution in [0.15, 0.2) is 60.8 Å². The van der Waals surface area contributed by atoms with E-state index in [0.29, 0.717) is 18.2 Å². The van der Waals surface area contributed by atoms with Gasteiger partial charge in [0.25, 0.3) is 11.8 Å². The lowest BCUT2D eigenvalue weighted by Gasteiger charge is -2.39. The van der Waals surface area contributed by atoms with E-state index in [1.165, 1.54) is 5.56 Å². The maximum Gasteiger partial charge on any atom is 0.262 e. The minimum atomic E-state index is -0.987. The van der Waals surface area contributed by atoms with Gasteiger partial charge in [-0.05, 0) is 86.7 Å². The fourth-order valence-corrected chi connectivity index (χ4v) is 7.58. The number of pyridine rings is 3. The minimum Gasteiger partial charge on any atom is -0.494 e. The van der Waals surface area contributed by atoms with Crippen LogP contribution in [0.3, 0.4) is 0 Å². The molecule has 3 aliphatic heterocycles. The molecule has 6 heterocycles. The molecular weight excluding hydrogens is 676 g/mol. The first kappa shape index (κ1) is 34.8. The highest BCUT2D eigenvalue weighted by Gasteiger charge is 2.44. The largest absolute Gasteiger partial charge is 0.494 e. The Hall–Kier alpha value is -5.27. The number of nitrogens with one attached hydrogen (secondary N) is 1. The van der Waals surface area contributed by atoms with Crippen molar-refractivity contribution in [1.29, 1.82) is 0 Å². The Morgan fingerprint density at radius 2 is 1.62 bits per heavy atom. The topological polar surface area (TPSA) is 153 Å². The Kier molecular flexibility index (Phi) is 9.84. The monoisotopic (exact) mass is 718 g/mol. The zero-order valence-corrected chi connectivity index (χ0v) is 29.7. The van der Waals surface area contributed by atoms with Crippen LogP contribution in [0, 0.1) is 6.92 Å². The van der Waals surface area contributed by atoms with Crippen molar-refractivity contribution < 1.29 is 33.4 Å². The average molecular weight is 719 g/mol. The molecule has 0 bridgehead atoms. The molecule has 2 saturated heterocycles. The van der Waals surface area contributed by atoms with Crippen LogP contribution in [0.25, 0.3) is 11.0 Å². The highest BCUT2D eigenvalue weighted by Crippen LogP contribution is 2.32. The first-order valence-corrected chi connectivity index (χ1v) is 18.5. The summed E-state index contributed by atoms with van der Waals surface area (Å²) in [6, 6.07) is 15.8. The molecule has 4 amide bonds. The van der Waals surface area contributed by atoms with Crippen molar-refractivity contribution in [3.8, 4) is 11.6 Å². The predicted molar refractivity (Wildman–Crippen MR) is 193 cm³/mol. The maximum absolute atomic E-state index is 13.1. The van der Waals surface area contributed by atoms with Gasteiger partial charge in [-0.25, -0.2) is 4.98 Å². The van der Waals surface area contributed by atoms with E-state index in [1.54, 1.807) is 18.2 Å². The minimum absolute atomic E-state index is 0.0830. The highest BCUT2D eigenvalue weighted by molar-refractivity contribution is 6.23. The Bertz CT molecular complexity index is 2060. The molecular formula is C40H42N6O7. The van der Waals surface area contributed by atoms with Crippen molar-refractivity contribution in [3.63, 3.8) is 0 Å². The molecule has 1 aromatic carbocycles. The van der Waals surface area contributed by atoms with Crippen LogP contribution in [-0.2, 0) is 20.7 Å². The first-order chi connectivity index (χ1) is 25.8. The van der Waals surface area contributed by atoms with Crippen LogP contribution in [0.1, 0.15) is 82.6 Å². The van der Waals surface area contributed by atoms with Crippen molar-refractivity contribution in [2.24, 2.45) is 0 Å². The smallest absolute Gasteiger partial charge is 0.262 e. The van der Waals surface area contributed by atoms with Crippen molar-refractivity contribution in [2.75, 3.05) is 26.2 Å². The number of nitrogens with zero attached hydrogens (tertiary/aromatic N) is 5. The molecule has 1 saturated carbocycles. The van der Waals surface area contributed by atoms with Crippen LogP contribution >= 0.6 is 0 Å². The Balaban J connectivity index is 0.724. The fourth-order valence-electron chi connectivity index (χ4n) is 7.58. The van der Waals surface area contributed by atoms with Crippen LogP contribution in [0.5, 0.6) is 11.6 Å². The van der Waals surface area contributed by atoms with Crippen LogP contribution in [0.2, 0.25) is 0 Å². The van der Waals surface area contributed by atoms with Crippen LogP contribution in [0.4, 0.5) is 0 Å². The summed E-state index contributed by atoms with van der Waals surface area (Å²) in [7, 11) is 0. The molecule has 1 N–H and O–H groups in total. The van der Waals surface area contributed by atoms with Gasteiger partial charge in [-0.2, -0.15) is 0 Å². The third-order valence-electron chi connectivity index (χ3n) is 10.5. The predicted octanol–water partition coefficient (Wildman–Crippen LogP) is 4.19. The maximum atomic E-state index is 13.1. The molecule has 13 heteroatoms. The quantitative estimate of drug-likeness (QED) is 0.166. The summed E-state index contributed by atoms with van der Waals surface area (Å²) in [4.78, 5) is 67.0. The van der Waals surface area contributed by atoms with Crippen LogP contribution in [-0.4, -0.2) is 99.0 Å². The van der Waals surface area contributed by atoms with Gasteiger partial charge in [-0.1, -0.05) is 0 Å². The Morgan fingerprint density at radius 1 is 0.830 bits per heavy atom. The van der Waals surface area contributed by atoms with Gasteiger partial charge in [-0.3, -0.25) is 39.4 Å². The third-order valence-corrected chi connectivity index (χ3v) is 10.5. The van der Waals surface area contributed by atoms with E-state index in [-0.39, 0.29) is 42.3 Å². The fraction of sp³-hybridized carbons (Fsp3) is 0.425. The van der Waals surface area contributed by atoms with Gasteiger partial charge in [0, 0.05) is 69.0 Å². The number of aromatic nitrogens is 3. The zero-order valence-electron chi connectivity index (χ0n) is 29.7. The number of hydrogen-bond acceptors (Lipinski definition) is 11. The summed E-state index contributed by atoms with van der Waals surface area (Å²) in [5.41, 5.74) is 5.30. The van der Waals surface area contributed by atoms with Gasteiger partial charge in [0.05, 0.1) is 41.0 Å². The molecule has 274 valence electrons. The zero-order chi connectivity index (χ0) is 36.5. The van der Waals surface area contributed by atoms with Gasteiger partial charge < -0.3 is 19.1 Å². The number of piperidine rings is 2. The second-order valence-corrected chi connectivity index (χ2v) is 14.3. The number of carbonyl (C=O) groups is 4. The van der Waals surface area contributed by atoms with Crippen LogP contribution < -0.4 is 14.8 Å². The molecule has 8 rings (SSSR count). The third kappa shape index (κ3) is 7.77. The second-order valence-electron chi connectivity index (χ2n) is 14.3. The summed E-state index contributed by atoms with van der Waals surface area (Å²) < 4.78 is 18.5. The van der Waals surface area contributed by atoms with Crippen molar-refractivity contribution in [1.82, 2.24) is 30.1 Å². The molecule has 1 atom stereocenters. The van der Waals surface area contributed by atoms with Crippen molar-refractivity contribution in [2.45, 2.75) is 82.6 Å². The first-order valence-electron chi connectivity index (χ1n) is 18.5. The number of fused-ring (bicyclic) bond motifs is 2. The number of imide groups is 2. The molecule has 0 spiro atoms. The molecule has 13 nitrogen and oxygen atoms in total. The van der Waals surface area contributed by atoms with E-state index in [4.69, 9.17) is 24.2 Å². The molecule has 3 fully saturated rings. The number of amides is 4. The van der Waals surface area contributed by atoms with E-state index in [1.807, 2.05) is 43.5 Å². The molecule has 4 aromatic rings. The lowest BCUT2D eigenvalue weighted by Crippen LogP contribution is -2.54. The van der Waals surface area contributed by atoms with Gasteiger partial charge in [-0.15, -0.1) is 0 Å². The Labute approximate surface area is 307 Å². The standard InChI is InChI=1S/C40H42N6O7/c1-24-19-25(11-14-41-24)20-26-3-6-34-33(42-26)7-10-37(43-34)53-30-21-29(22-30)52-27-12-16-45(17-13-27)15-2-18-51-28-4-5-31-32(23-28)40(50)46(39(31)49)35-8-9-36(47)44-38(35)48/h3-7,10-11,14,19,23,27,29-30,35H,2,8-9,12-13,15-18,20-22H2,1H3,(H,44,47,48). The number of likely N-dealkylation sites (tertiary alicyclic amines) is 1. The number of carbonyl (C=O) groups excluding carboxylic acids is 4. The van der Waals surface area contributed by atoms with Gasteiger partial charge in [0.1, 0.15) is 17.9 Å². The van der Waals surface area contributed by atoms with E-state index in [9.17, 15) is 19.2 Å². The second kappa shape index (κ2) is 15.0. The average Bonchev–Trinajstić information content (AvgIpc) is 3.38. The van der Waals surface area contributed by atoms with Gasteiger partial charge in [0.2, 0.25) is 17.7 Å². The number of rotatable bonds is 12.